The van der Waals surface area contributed by atoms with E-state index in [1.807, 2.05) is 88.4 Å². The SMILES string of the molecule is CC.CC.CC(C)CNCC(O)C(CSc1ccccc1)NC(=O)OCc1ccccc1. The van der Waals surface area contributed by atoms with E-state index < -0.39 is 18.2 Å². The van der Waals surface area contributed by atoms with Gasteiger partial charge in [0.2, 0.25) is 0 Å². The van der Waals surface area contributed by atoms with Gasteiger partial charge in [-0.05, 0) is 30.2 Å². The van der Waals surface area contributed by atoms with E-state index in [1.54, 1.807) is 11.8 Å². The first-order valence-electron chi connectivity index (χ1n) is 11.6. The number of thioether (sulfide) groups is 1. The van der Waals surface area contributed by atoms with E-state index in [0.717, 1.165) is 17.0 Å². The number of ether oxygens (including phenoxy) is 1. The summed E-state index contributed by atoms with van der Waals surface area (Å²) in [5.41, 5.74) is 0.923. The first-order chi connectivity index (χ1) is 15.5. The molecule has 2 aromatic rings. The first kappa shape index (κ1) is 30.0. The fourth-order valence-corrected chi connectivity index (χ4v) is 3.56. The Morgan fingerprint density at radius 1 is 0.938 bits per heavy atom. The smallest absolute Gasteiger partial charge is 0.407 e. The Balaban J connectivity index is 0.00000227. The van der Waals surface area contributed by atoms with Crippen molar-refractivity contribution in [1.29, 1.82) is 0 Å². The van der Waals surface area contributed by atoms with Crippen molar-refractivity contribution in [2.24, 2.45) is 5.92 Å². The third-order valence-electron chi connectivity index (χ3n) is 4.06. The molecule has 0 saturated heterocycles. The average molecular weight is 463 g/mol. The largest absolute Gasteiger partial charge is 0.445 e. The molecule has 1 amide bonds. The summed E-state index contributed by atoms with van der Waals surface area (Å²) in [6, 6.07) is 19.0. The molecule has 2 rings (SSSR count). The molecule has 0 saturated carbocycles. The van der Waals surface area contributed by atoms with E-state index in [4.69, 9.17) is 4.74 Å². The maximum Gasteiger partial charge on any atom is 0.407 e. The standard InChI is InChI=1S/C22H30N2O3S.2C2H6/c1-17(2)13-23-14-21(25)20(16-28-19-11-7-4-8-12-19)24-22(26)27-15-18-9-5-3-6-10-18;2*1-2/h3-12,17,20-21,23,25H,13-16H2,1-2H3,(H,24,26);2*1-2H3. The van der Waals surface area contributed by atoms with Gasteiger partial charge >= 0.3 is 6.09 Å². The molecule has 0 aliphatic carbocycles. The molecule has 0 aliphatic rings. The van der Waals surface area contributed by atoms with Gasteiger partial charge in [-0.2, -0.15) is 0 Å². The topological polar surface area (TPSA) is 70.6 Å². The number of aliphatic hydroxyl groups is 1. The predicted molar refractivity (Wildman–Crippen MR) is 137 cm³/mol. The number of benzene rings is 2. The third kappa shape index (κ3) is 14.1. The maximum absolute atomic E-state index is 12.3. The van der Waals surface area contributed by atoms with Crippen LogP contribution >= 0.6 is 11.8 Å². The monoisotopic (exact) mass is 462 g/mol. The number of rotatable bonds is 11. The molecule has 0 spiro atoms. The van der Waals surface area contributed by atoms with Crippen LogP contribution in [0.1, 0.15) is 47.1 Å². The van der Waals surface area contributed by atoms with Gasteiger partial charge in [0, 0.05) is 17.2 Å². The van der Waals surface area contributed by atoms with Crippen LogP contribution in [-0.2, 0) is 11.3 Å². The van der Waals surface area contributed by atoms with Crippen LogP contribution in [-0.4, -0.2) is 42.2 Å². The Labute approximate surface area is 199 Å². The lowest BCUT2D eigenvalue weighted by Crippen LogP contribution is -2.49. The molecule has 0 heterocycles. The van der Waals surface area contributed by atoms with Crippen molar-refractivity contribution in [3.8, 4) is 0 Å². The minimum absolute atomic E-state index is 0.201. The highest BCUT2D eigenvalue weighted by atomic mass is 32.2. The number of hydrogen-bond donors (Lipinski definition) is 3. The summed E-state index contributed by atoms with van der Waals surface area (Å²) in [7, 11) is 0. The van der Waals surface area contributed by atoms with Gasteiger partial charge in [-0.15, -0.1) is 11.8 Å². The van der Waals surface area contributed by atoms with Crippen molar-refractivity contribution < 1.29 is 14.6 Å². The second-order valence-electron chi connectivity index (χ2n) is 7.06. The van der Waals surface area contributed by atoms with Crippen molar-refractivity contribution in [3.63, 3.8) is 0 Å². The summed E-state index contributed by atoms with van der Waals surface area (Å²) in [6.07, 6.45) is -1.23. The number of hydrogen-bond acceptors (Lipinski definition) is 5. The van der Waals surface area contributed by atoms with E-state index >= 15 is 0 Å². The van der Waals surface area contributed by atoms with Gasteiger partial charge in [0.05, 0.1) is 12.1 Å². The number of carbonyl (C=O) groups excluding carboxylic acids is 1. The quantitative estimate of drug-likeness (QED) is 0.372. The highest BCUT2D eigenvalue weighted by Gasteiger charge is 2.22. The van der Waals surface area contributed by atoms with E-state index in [-0.39, 0.29) is 6.61 Å². The molecule has 6 heteroatoms. The van der Waals surface area contributed by atoms with E-state index in [1.165, 1.54) is 0 Å². The molecule has 3 N–H and O–H groups in total. The zero-order chi connectivity index (χ0) is 24.2. The Hall–Kier alpha value is -2.02. The lowest BCUT2D eigenvalue weighted by atomic mass is 10.1. The number of carbonyl (C=O) groups is 1. The number of amides is 1. The van der Waals surface area contributed by atoms with E-state index in [2.05, 4.69) is 24.5 Å². The molecule has 2 aromatic carbocycles. The number of alkyl carbamates (subject to hydrolysis) is 1. The minimum Gasteiger partial charge on any atom is -0.445 e. The summed E-state index contributed by atoms with van der Waals surface area (Å²) >= 11 is 1.60. The van der Waals surface area contributed by atoms with E-state index in [9.17, 15) is 9.90 Å². The fourth-order valence-electron chi connectivity index (χ4n) is 2.53. The molecule has 2 unspecified atom stereocenters. The Kier molecular flexibility index (Phi) is 18.4. The highest BCUT2D eigenvalue weighted by Crippen LogP contribution is 2.19. The molecular formula is C26H42N2O3S. The molecule has 0 aromatic heterocycles. The summed E-state index contributed by atoms with van der Waals surface area (Å²) in [6.45, 7) is 13.7. The lowest BCUT2D eigenvalue weighted by Gasteiger charge is -2.24. The van der Waals surface area contributed by atoms with Crippen LogP contribution in [0.2, 0.25) is 0 Å². The fraction of sp³-hybridized carbons (Fsp3) is 0.500. The second-order valence-corrected chi connectivity index (χ2v) is 8.15. The average Bonchev–Trinajstić information content (AvgIpc) is 2.84. The van der Waals surface area contributed by atoms with Gasteiger partial charge < -0.3 is 20.5 Å². The Morgan fingerprint density at radius 2 is 1.50 bits per heavy atom. The van der Waals surface area contributed by atoms with Crippen LogP contribution in [0, 0.1) is 5.92 Å². The molecule has 2 atom stereocenters. The highest BCUT2D eigenvalue weighted by molar-refractivity contribution is 7.99. The van der Waals surface area contributed by atoms with Gasteiger partial charge in [0.25, 0.3) is 0 Å². The van der Waals surface area contributed by atoms with Gasteiger partial charge in [0.1, 0.15) is 6.61 Å². The van der Waals surface area contributed by atoms with Crippen LogP contribution in [0.3, 0.4) is 0 Å². The summed E-state index contributed by atoms with van der Waals surface area (Å²) in [4.78, 5) is 13.3. The molecular weight excluding hydrogens is 420 g/mol. The summed E-state index contributed by atoms with van der Waals surface area (Å²) in [5, 5.41) is 16.7. The maximum atomic E-state index is 12.3. The molecule has 32 heavy (non-hydrogen) atoms. The van der Waals surface area contributed by atoms with Gasteiger partial charge in [-0.3, -0.25) is 0 Å². The lowest BCUT2D eigenvalue weighted by molar-refractivity contribution is 0.106. The van der Waals surface area contributed by atoms with Crippen molar-refractivity contribution in [2.45, 2.75) is 65.2 Å². The summed E-state index contributed by atoms with van der Waals surface area (Å²) < 4.78 is 5.31. The predicted octanol–water partition coefficient (Wildman–Crippen LogP) is 5.73. The third-order valence-corrected chi connectivity index (χ3v) is 5.19. The van der Waals surface area contributed by atoms with Gasteiger partial charge in [-0.1, -0.05) is 90.1 Å². The normalized spacial score (nSPS) is 11.9. The minimum atomic E-state index is -0.709. The molecule has 180 valence electrons. The zero-order valence-corrected chi connectivity index (χ0v) is 21.3. The van der Waals surface area contributed by atoms with Gasteiger partial charge in [0.15, 0.2) is 0 Å². The van der Waals surface area contributed by atoms with Crippen LogP contribution in [0.15, 0.2) is 65.6 Å². The van der Waals surface area contributed by atoms with Crippen LogP contribution in [0.5, 0.6) is 0 Å². The van der Waals surface area contributed by atoms with Crippen LogP contribution in [0.4, 0.5) is 4.79 Å². The molecule has 0 radical (unpaired) electrons. The van der Waals surface area contributed by atoms with Crippen molar-refractivity contribution >= 4 is 17.9 Å². The zero-order valence-electron chi connectivity index (χ0n) is 20.5. The summed E-state index contributed by atoms with van der Waals surface area (Å²) in [5.74, 6) is 1.04. The van der Waals surface area contributed by atoms with Gasteiger partial charge in [-0.25, -0.2) is 4.79 Å². The van der Waals surface area contributed by atoms with Crippen molar-refractivity contribution in [1.82, 2.24) is 10.6 Å². The number of nitrogens with one attached hydrogen (secondary N) is 2. The van der Waals surface area contributed by atoms with E-state index in [0.29, 0.717) is 18.2 Å². The second kappa shape index (κ2) is 19.6. The first-order valence-corrected chi connectivity index (χ1v) is 12.6. The number of aliphatic hydroxyl groups excluding tert-OH is 1. The molecule has 0 bridgehead atoms. The van der Waals surface area contributed by atoms with Crippen LogP contribution < -0.4 is 10.6 Å². The molecule has 5 nitrogen and oxygen atoms in total. The molecule has 0 fully saturated rings. The Bertz CT molecular complexity index is 684. The van der Waals surface area contributed by atoms with Crippen LogP contribution in [0.25, 0.3) is 0 Å². The Morgan fingerprint density at radius 3 is 2.06 bits per heavy atom. The molecule has 0 aliphatic heterocycles. The van der Waals surface area contributed by atoms with Crippen molar-refractivity contribution in [3.05, 3.63) is 66.2 Å². The van der Waals surface area contributed by atoms with Crippen molar-refractivity contribution in [2.75, 3.05) is 18.8 Å².